The third-order valence-electron chi connectivity index (χ3n) is 5.48. The van der Waals surface area contributed by atoms with Crippen LogP contribution < -0.4 is 10.6 Å². The van der Waals surface area contributed by atoms with Gasteiger partial charge in [-0.05, 0) is 30.9 Å². The predicted octanol–water partition coefficient (Wildman–Crippen LogP) is 3.31. The number of hydrogen-bond donors (Lipinski definition) is 1. The minimum Gasteiger partial charge on any atom is -0.369 e. The van der Waals surface area contributed by atoms with Crippen LogP contribution >= 0.6 is 0 Å². The molecular formula is C21H31F3N4O2. The van der Waals surface area contributed by atoms with Crippen LogP contribution in [0.25, 0.3) is 0 Å². The molecule has 1 saturated heterocycles. The monoisotopic (exact) mass is 428 g/mol. The quantitative estimate of drug-likeness (QED) is 0.689. The van der Waals surface area contributed by atoms with Gasteiger partial charge in [0.2, 0.25) is 11.8 Å². The van der Waals surface area contributed by atoms with Gasteiger partial charge in [0.05, 0.1) is 5.56 Å². The number of aromatic nitrogens is 1. The largest absolute Gasteiger partial charge is 0.417 e. The van der Waals surface area contributed by atoms with Gasteiger partial charge in [0.1, 0.15) is 5.82 Å². The topological polar surface area (TPSA) is 79.5 Å². The van der Waals surface area contributed by atoms with Crippen LogP contribution in [0.5, 0.6) is 0 Å². The highest BCUT2D eigenvalue weighted by atomic mass is 19.4. The van der Waals surface area contributed by atoms with Gasteiger partial charge in [0.15, 0.2) is 0 Å². The Kier molecular flexibility index (Phi) is 8.09. The fraction of sp³-hybridized carbons (Fsp3) is 0.667. The van der Waals surface area contributed by atoms with E-state index in [1.807, 2.05) is 25.7 Å². The van der Waals surface area contributed by atoms with E-state index in [1.165, 1.54) is 6.07 Å². The number of rotatable bonds is 8. The molecule has 1 aromatic rings. The Hall–Kier alpha value is -2.32. The second kappa shape index (κ2) is 10.1. The molecule has 1 fully saturated rings. The van der Waals surface area contributed by atoms with Crippen molar-refractivity contribution in [2.24, 2.45) is 23.5 Å². The maximum atomic E-state index is 13.2. The summed E-state index contributed by atoms with van der Waals surface area (Å²) < 4.78 is 38.1. The number of alkyl halides is 3. The van der Waals surface area contributed by atoms with Crippen molar-refractivity contribution in [1.29, 1.82) is 0 Å². The van der Waals surface area contributed by atoms with Gasteiger partial charge in [-0.3, -0.25) is 9.59 Å². The first-order chi connectivity index (χ1) is 14.0. The second-order valence-electron chi connectivity index (χ2n) is 8.25. The third-order valence-corrected chi connectivity index (χ3v) is 5.48. The van der Waals surface area contributed by atoms with Crippen LogP contribution in [-0.4, -0.2) is 47.9 Å². The molecule has 6 nitrogen and oxygen atoms in total. The summed E-state index contributed by atoms with van der Waals surface area (Å²) in [7, 11) is 0. The van der Waals surface area contributed by atoms with Crippen molar-refractivity contribution >= 4 is 17.6 Å². The van der Waals surface area contributed by atoms with Crippen molar-refractivity contribution in [3.8, 4) is 0 Å². The summed E-state index contributed by atoms with van der Waals surface area (Å²) in [6.45, 7) is 7.77. The van der Waals surface area contributed by atoms with Gasteiger partial charge in [0, 0.05) is 44.2 Å². The molecule has 2 rings (SSSR count). The Morgan fingerprint density at radius 3 is 2.20 bits per heavy atom. The van der Waals surface area contributed by atoms with Crippen LogP contribution in [0.15, 0.2) is 18.3 Å². The Balaban J connectivity index is 2.05. The SMILES string of the molecule is CCC[C@H](C(N)=O)[C@@H](CC(C)C)C(=O)N1CCN(c2ccc(C(F)(F)F)cn2)CC1. The van der Waals surface area contributed by atoms with Crippen LogP contribution in [-0.2, 0) is 15.8 Å². The van der Waals surface area contributed by atoms with Crippen molar-refractivity contribution < 1.29 is 22.8 Å². The normalized spacial score (nSPS) is 17.2. The van der Waals surface area contributed by atoms with Crippen LogP contribution in [0, 0.1) is 17.8 Å². The van der Waals surface area contributed by atoms with Crippen molar-refractivity contribution in [2.45, 2.75) is 46.2 Å². The molecule has 0 aromatic carbocycles. The first-order valence-electron chi connectivity index (χ1n) is 10.4. The van der Waals surface area contributed by atoms with Crippen molar-refractivity contribution in [3.63, 3.8) is 0 Å². The summed E-state index contributed by atoms with van der Waals surface area (Å²) in [6, 6.07) is 2.37. The number of carbonyl (C=O) groups is 2. The standard InChI is InChI=1S/C21H31F3N4O2/c1-4-5-16(19(25)29)17(12-14(2)3)20(30)28-10-8-27(9-11-28)18-7-6-15(13-26-18)21(22,23)24/h6-7,13-14,16-17H,4-5,8-12H2,1-3H3,(H2,25,29)/t16-,17+/m0/s1. The van der Waals surface area contributed by atoms with Crippen LogP contribution in [0.3, 0.4) is 0 Å². The van der Waals surface area contributed by atoms with Gasteiger partial charge in [-0.1, -0.05) is 27.2 Å². The van der Waals surface area contributed by atoms with E-state index < -0.39 is 29.5 Å². The highest BCUT2D eigenvalue weighted by molar-refractivity contribution is 5.87. The van der Waals surface area contributed by atoms with E-state index in [4.69, 9.17) is 5.73 Å². The summed E-state index contributed by atoms with van der Waals surface area (Å²) in [6.07, 6.45) is -1.66. The number of halogens is 3. The lowest BCUT2D eigenvalue weighted by Crippen LogP contribution is -2.52. The fourth-order valence-corrected chi connectivity index (χ4v) is 3.93. The van der Waals surface area contributed by atoms with E-state index in [9.17, 15) is 22.8 Å². The molecule has 1 aliphatic rings. The van der Waals surface area contributed by atoms with Crippen LogP contribution in [0.2, 0.25) is 0 Å². The number of anilines is 1. The lowest BCUT2D eigenvalue weighted by Gasteiger charge is -2.38. The molecule has 0 spiro atoms. The molecule has 0 unspecified atom stereocenters. The number of nitrogens with zero attached hydrogens (tertiary/aromatic N) is 3. The van der Waals surface area contributed by atoms with Crippen molar-refractivity contribution in [1.82, 2.24) is 9.88 Å². The number of piperazine rings is 1. The van der Waals surface area contributed by atoms with Crippen LogP contribution in [0.1, 0.15) is 45.6 Å². The molecule has 2 amide bonds. The zero-order chi connectivity index (χ0) is 22.5. The highest BCUT2D eigenvalue weighted by Crippen LogP contribution is 2.30. The molecular weight excluding hydrogens is 397 g/mol. The number of nitrogens with two attached hydrogens (primary N) is 1. The molecule has 0 saturated carbocycles. The fourth-order valence-electron chi connectivity index (χ4n) is 3.93. The maximum absolute atomic E-state index is 13.2. The number of primary amides is 1. The van der Waals surface area contributed by atoms with E-state index in [1.54, 1.807) is 4.90 Å². The van der Waals surface area contributed by atoms with Gasteiger partial charge in [-0.2, -0.15) is 13.2 Å². The summed E-state index contributed by atoms with van der Waals surface area (Å²) in [5.74, 6) is -0.743. The average Bonchev–Trinajstić information content (AvgIpc) is 2.69. The van der Waals surface area contributed by atoms with E-state index in [-0.39, 0.29) is 11.8 Å². The molecule has 1 aromatic heterocycles. The number of hydrogen-bond acceptors (Lipinski definition) is 4. The van der Waals surface area contributed by atoms with Gasteiger partial charge in [-0.15, -0.1) is 0 Å². The molecule has 2 heterocycles. The first-order valence-corrected chi connectivity index (χ1v) is 10.4. The Morgan fingerprint density at radius 1 is 1.13 bits per heavy atom. The molecule has 2 N–H and O–H groups in total. The minimum absolute atomic E-state index is 0.0685. The zero-order valence-corrected chi connectivity index (χ0v) is 17.8. The minimum atomic E-state index is -4.42. The van der Waals surface area contributed by atoms with Gasteiger partial charge in [-0.25, -0.2) is 4.98 Å². The smallest absolute Gasteiger partial charge is 0.369 e. The molecule has 0 radical (unpaired) electrons. The number of amides is 2. The van der Waals surface area contributed by atoms with E-state index >= 15 is 0 Å². The lowest BCUT2D eigenvalue weighted by molar-refractivity contribution is -0.142. The van der Waals surface area contributed by atoms with E-state index in [2.05, 4.69) is 4.98 Å². The number of carbonyl (C=O) groups excluding carboxylic acids is 2. The molecule has 0 aliphatic carbocycles. The highest BCUT2D eigenvalue weighted by Gasteiger charge is 2.36. The first kappa shape index (κ1) is 24.0. The molecule has 30 heavy (non-hydrogen) atoms. The molecule has 2 atom stereocenters. The summed E-state index contributed by atoms with van der Waals surface area (Å²) in [5, 5.41) is 0. The Morgan fingerprint density at radius 2 is 1.77 bits per heavy atom. The average molecular weight is 428 g/mol. The Bertz CT molecular complexity index is 714. The second-order valence-corrected chi connectivity index (χ2v) is 8.25. The Labute approximate surface area is 175 Å². The molecule has 168 valence electrons. The summed E-state index contributed by atoms with van der Waals surface area (Å²) in [4.78, 5) is 32.7. The van der Waals surface area contributed by atoms with E-state index in [0.717, 1.165) is 18.7 Å². The van der Waals surface area contributed by atoms with Crippen molar-refractivity contribution in [2.75, 3.05) is 31.1 Å². The summed E-state index contributed by atoms with van der Waals surface area (Å²) >= 11 is 0. The predicted molar refractivity (Wildman–Crippen MR) is 109 cm³/mol. The third kappa shape index (κ3) is 6.09. The molecule has 1 aliphatic heterocycles. The molecule has 0 bridgehead atoms. The van der Waals surface area contributed by atoms with Gasteiger partial charge >= 0.3 is 6.18 Å². The number of pyridine rings is 1. The van der Waals surface area contributed by atoms with Gasteiger partial charge < -0.3 is 15.5 Å². The molecule has 9 heteroatoms. The van der Waals surface area contributed by atoms with Gasteiger partial charge in [0.25, 0.3) is 0 Å². The zero-order valence-electron chi connectivity index (χ0n) is 17.8. The lowest BCUT2D eigenvalue weighted by atomic mass is 9.81. The summed E-state index contributed by atoms with van der Waals surface area (Å²) in [5.41, 5.74) is 4.81. The maximum Gasteiger partial charge on any atom is 0.417 e. The van der Waals surface area contributed by atoms with Crippen molar-refractivity contribution in [3.05, 3.63) is 23.9 Å². The van der Waals surface area contributed by atoms with E-state index in [0.29, 0.717) is 44.8 Å². The van der Waals surface area contributed by atoms with Crippen LogP contribution in [0.4, 0.5) is 19.0 Å².